The number of amides is 8. The minimum absolute atomic E-state index is 0.0147. The van der Waals surface area contributed by atoms with Gasteiger partial charge >= 0.3 is 30.2 Å². The molecule has 10 N–H and O–H groups in total. The van der Waals surface area contributed by atoms with Gasteiger partial charge in [0.15, 0.2) is 17.3 Å². The molecule has 0 aromatic heterocycles. The van der Waals surface area contributed by atoms with Crippen LogP contribution in [0, 0.1) is 71.0 Å². The second-order valence-corrected chi connectivity index (χ2v) is 31.8. The zero-order valence-corrected chi connectivity index (χ0v) is 70.9. The van der Waals surface area contributed by atoms with Crippen LogP contribution in [0.1, 0.15) is 199 Å². The summed E-state index contributed by atoms with van der Waals surface area (Å²) in [7, 11) is 0. The molecule has 32 heteroatoms. The first-order valence-electron chi connectivity index (χ1n) is 38.7. The zero-order chi connectivity index (χ0) is 88.0. The topological polar surface area (TPSA) is 452 Å². The van der Waals surface area contributed by atoms with Gasteiger partial charge in [0, 0.05) is 56.7 Å². The standard InChI is InChI=1S/C27H43N3O7.C27H41N3O6.C25H41N3O4.C2HClO2.C2H2O3/c1-17(2)12-21(24(32)29-30(15-19(5)6)25(33)26(34)35)14-23(31)22(13-18(3)4)28-27(36)37-16-20-10-8-7-9-11-20;1-18(2)12-22(26(34)29-30(15-20(5)6)25(33)16-31)14-24(32)23(13-19(3)4)28-27(35)36-17-21-10-8-7-9-11-21;1-17(2)12-21(24(30)28-26-15-19(5)6)14-23(29)22(13-18(3)4)27-25(31)32-16-20-10-8-7-9-11-20;3-2(5)1-4;3-1-2(4)5/h7-11,17-19,21-22,26,34-35H,12-16H2,1-6H3,(H,28,36)(H,29,32);7-11,16,18-20,22-23H,12-15,17H2,1-6H3,(H,28,35)(H,29,34);7-11,17-19,21-22,26H,12-16H2,1-6H3,(H,27,31)(H,28,30);1H;1H,(H,4,5)/t21-,22+;22-,23+;21-,22+;;/m111../s1. The molecule has 3 rings (SSSR count). The van der Waals surface area contributed by atoms with Gasteiger partial charge in [-0.05, 0) is 120 Å². The molecule has 0 aliphatic rings. The van der Waals surface area contributed by atoms with Crippen LogP contribution >= 0.6 is 11.6 Å². The molecule has 0 radical (unpaired) electrons. The van der Waals surface area contributed by atoms with E-state index in [0.717, 1.165) is 26.7 Å². The number of nitrogens with zero attached hydrogens (tertiary/aromatic N) is 2. The third-order valence-electron chi connectivity index (χ3n) is 15.9. The molecular formula is C83H128ClN9O22. The van der Waals surface area contributed by atoms with Gasteiger partial charge in [-0.2, -0.15) is 0 Å². The number of rotatable bonds is 44. The lowest BCUT2D eigenvalue weighted by Crippen LogP contribution is -2.53. The van der Waals surface area contributed by atoms with Crippen LogP contribution in [0.5, 0.6) is 0 Å². The van der Waals surface area contributed by atoms with Gasteiger partial charge in [-0.1, -0.05) is 216 Å². The van der Waals surface area contributed by atoms with Gasteiger partial charge < -0.3 is 45.5 Å². The van der Waals surface area contributed by atoms with Crippen molar-refractivity contribution in [1.29, 1.82) is 0 Å². The highest BCUT2D eigenvalue weighted by atomic mass is 35.5. The van der Waals surface area contributed by atoms with E-state index < -0.39 is 95.3 Å². The number of aldehydes is 3. The predicted molar refractivity (Wildman–Crippen MR) is 432 cm³/mol. The normalized spacial score (nSPS) is 12.4. The van der Waals surface area contributed by atoms with Crippen LogP contribution in [0.3, 0.4) is 0 Å². The Hall–Kier alpha value is -9.85. The molecule has 0 saturated heterocycles. The monoisotopic (exact) mass is 1640 g/mol. The van der Waals surface area contributed by atoms with E-state index in [1.807, 2.05) is 216 Å². The molecule has 0 saturated carbocycles. The minimum Gasteiger partial charge on any atom is -0.476 e. The van der Waals surface area contributed by atoms with E-state index in [9.17, 15) is 72.5 Å². The summed E-state index contributed by atoms with van der Waals surface area (Å²) in [6.45, 7) is 36.0. The number of alkyl carbamates (subject to hydrolysis) is 3. The van der Waals surface area contributed by atoms with Crippen molar-refractivity contribution >= 4 is 107 Å². The number of hydrogen-bond acceptors (Lipinski definition) is 22. The molecule has 0 spiro atoms. The lowest BCUT2D eigenvalue weighted by molar-refractivity contribution is -0.166. The van der Waals surface area contributed by atoms with Gasteiger partial charge in [-0.25, -0.2) is 34.6 Å². The van der Waals surface area contributed by atoms with Crippen LogP contribution in [0.2, 0.25) is 0 Å². The molecular weight excluding hydrogens is 1510 g/mol. The Bertz CT molecular complexity index is 3410. The Morgan fingerprint density at radius 3 is 0.913 bits per heavy atom. The van der Waals surface area contributed by atoms with Crippen molar-refractivity contribution in [2.24, 2.45) is 71.0 Å². The molecule has 3 aromatic carbocycles. The van der Waals surface area contributed by atoms with Gasteiger partial charge in [0.1, 0.15) is 19.8 Å². The number of nitrogens with one attached hydrogen (secondary N) is 7. The lowest BCUT2D eigenvalue weighted by atomic mass is 9.88. The van der Waals surface area contributed by atoms with Crippen molar-refractivity contribution in [3.05, 3.63) is 108 Å². The fourth-order valence-electron chi connectivity index (χ4n) is 10.9. The highest BCUT2D eigenvalue weighted by molar-refractivity contribution is 6.77. The van der Waals surface area contributed by atoms with Gasteiger partial charge in [0.25, 0.3) is 11.1 Å². The van der Waals surface area contributed by atoms with Gasteiger partial charge in [-0.15, -0.1) is 0 Å². The van der Waals surface area contributed by atoms with Crippen molar-refractivity contribution in [1.82, 2.24) is 47.7 Å². The maximum atomic E-state index is 13.3. The Morgan fingerprint density at radius 2 is 0.670 bits per heavy atom. The number of benzene rings is 3. The lowest BCUT2D eigenvalue weighted by Gasteiger charge is -2.29. The highest BCUT2D eigenvalue weighted by Gasteiger charge is 2.35. The maximum Gasteiger partial charge on any atom is 0.408 e. The zero-order valence-electron chi connectivity index (χ0n) is 70.1. The van der Waals surface area contributed by atoms with Crippen molar-refractivity contribution in [3.8, 4) is 0 Å². The van der Waals surface area contributed by atoms with Crippen LogP contribution in [0.4, 0.5) is 14.4 Å². The van der Waals surface area contributed by atoms with Crippen molar-refractivity contribution < 1.29 is 106 Å². The highest BCUT2D eigenvalue weighted by Crippen LogP contribution is 2.24. The summed E-state index contributed by atoms with van der Waals surface area (Å²) in [5.74, 6) is -6.21. The molecule has 0 aliphatic carbocycles. The number of halogens is 1. The summed E-state index contributed by atoms with van der Waals surface area (Å²) in [5.41, 5.74) is 13.2. The van der Waals surface area contributed by atoms with Crippen molar-refractivity contribution in [2.75, 3.05) is 19.6 Å². The fraction of sp³-hybridized carbons (Fsp3) is 0.590. The summed E-state index contributed by atoms with van der Waals surface area (Å²) in [4.78, 5) is 187. The first kappa shape index (κ1) is 107. The smallest absolute Gasteiger partial charge is 0.408 e. The van der Waals surface area contributed by atoms with Crippen LogP contribution in [-0.2, 0) is 96.4 Å². The van der Waals surface area contributed by atoms with Crippen molar-refractivity contribution in [2.45, 2.75) is 227 Å². The molecule has 0 aliphatic heterocycles. The number of aliphatic hydroxyl groups excluding tert-OH is 1. The van der Waals surface area contributed by atoms with E-state index in [1.54, 1.807) is 0 Å². The molecule has 6 atom stereocenters. The molecule has 644 valence electrons. The Labute approximate surface area is 682 Å². The first-order valence-corrected chi connectivity index (χ1v) is 39.1. The summed E-state index contributed by atoms with van der Waals surface area (Å²) >= 11 is 4.46. The second kappa shape index (κ2) is 60.7. The number of aliphatic carboxylic acids is 1. The molecule has 0 unspecified atom stereocenters. The van der Waals surface area contributed by atoms with E-state index in [0.29, 0.717) is 51.0 Å². The van der Waals surface area contributed by atoms with Crippen molar-refractivity contribution in [3.63, 3.8) is 0 Å². The quantitative estimate of drug-likeness (QED) is 0.00628. The third kappa shape index (κ3) is 54.5. The Balaban J connectivity index is 0. The van der Waals surface area contributed by atoms with Crippen LogP contribution in [0.15, 0.2) is 91.0 Å². The number of ketones is 3. The summed E-state index contributed by atoms with van der Waals surface area (Å²) < 4.78 is 15.8. The third-order valence-corrected chi connectivity index (χ3v) is 16.0. The molecule has 31 nitrogen and oxygen atoms in total. The van der Waals surface area contributed by atoms with E-state index in [-0.39, 0.29) is 142 Å². The van der Waals surface area contributed by atoms with Gasteiger partial charge in [-0.3, -0.25) is 73.8 Å². The summed E-state index contributed by atoms with van der Waals surface area (Å²) in [6.07, 6.45) is -1.93. The SMILES string of the molecule is CC(C)CNNC(=O)[C@@H](CC(=O)[C@H](CC(C)C)NC(=O)OCc1ccccc1)CC(C)C.CC(C)C[C@H](CC(=O)[C@H](CC(C)C)NC(=O)OCc1ccccc1)C(=O)NN(CC(C)C)C(=O)C(O)O.CC(C)C[C@H](CC(=O)[C@H](CC(C)C)NC(=O)OCc1ccccc1)C(=O)NN(CC(C)C)C(=O)C=O.O=CC(=O)Cl.O=CC(=O)O. The van der Waals surface area contributed by atoms with Crippen LogP contribution < -0.4 is 37.7 Å². The first-order chi connectivity index (χ1) is 53.8. The number of Topliss-reactive ketones (excluding diaryl/α,β-unsaturated/α-hetero) is 3. The molecule has 115 heavy (non-hydrogen) atoms. The molecule has 8 amide bonds. The molecule has 0 heterocycles. The number of carbonyl (C=O) groups excluding carboxylic acids is 15. The molecule has 0 bridgehead atoms. The number of ether oxygens (including phenoxy) is 3. The van der Waals surface area contributed by atoms with E-state index in [2.05, 4.69) is 49.3 Å². The van der Waals surface area contributed by atoms with E-state index in [4.69, 9.17) is 33.7 Å². The number of carboxylic acids is 1. The fourth-order valence-corrected chi connectivity index (χ4v) is 10.9. The summed E-state index contributed by atoms with van der Waals surface area (Å²) in [5, 5.41) is 34.9. The number of carboxylic acid groups (broad SMARTS) is 1. The number of carbonyl (C=O) groups is 16. The van der Waals surface area contributed by atoms with Crippen LogP contribution in [0.25, 0.3) is 0 Å². The Kier molecular flexibility index (Phi) is 56.6. The van der Waals surface area contributed by atoms with Gasteiger partial charge in [0.2, 0.25) is 42.9 Å². The van der Waals surface area contributed by atoms with Crippen LogP contribution in [-0.4, -0.2) is 165 Å². The number of hydrogen-bond donors (Lipinski definition) is 10. The predicted octanol–water partition coefficient (Wildman–Crippen LogP) is 9.89. The maximum absolute atomic E-state index is 13.3. The second-order valence-electron chi connectivity index (χ2n) is 31.4. The van der Waals surface area contributed by atoms with E-state index in [1.165, 1.54) is 0 Å². The van der Waals surface area contributed by atoms with E-state index >= 15 is 0 Å². The number of hydrazine groups is 3. The average molecular weight is 1640 g/mol. The average Bonchev–Trinajstić information content (AvgIpc) is 0.865. The van der Waals surface area contributed by atoms with Gasteiger partial charge in [0.05, 0.1) is 18.1 Å². The number of aliphatic hydroxyl groups is 2. The Morgan fingerprint density at radius 1 is 0.391 bits per heavy atom. The summed E-state index contributed by atoms with van der Waals surface area (Å²) in [6, 6.07) is 25.4. The minimum atomic E-state index is -2.27. The molecule has 0 fully saturated rings. The molecule has 3 aromatic rings. The largest absolute Gasteiger partial charge is 0.476 e.